The summed E-state index contributed by atoms with van der Waals surface area (Å²) in [5.74, 6) is 2.91. The van der Waals surface area contributed by atoms with Crippen LogP contribution in [0.2, 0.25) is 0 Å². The molecule has 0 amide bonds. The van der Waals surface area contributed by atoms with Crippen LogP contribution in [-0.4, -0.2) is 31.1 Å². The number of unbranched alkanes of at least 4 members (excludes halogenated alkanes) is 1. The van der Waals surface area contributed by atoms with Crippen molar-refractivity contribution in [3.8, 4) is 5.75 Å². The Bertz CT molecular complexity index is 563. The zero-order valence-electron chi connectivity index (χ0n) is 16.0. The summed E-state index contributed by atoms with van der Waals surface area (Å²) in [4.78, 5) is 2.81. The van der Waals surface area contributed by atoms with Crippen molar-refractivity contribution < 1.29 is 4.74 Å². The fourth-order valence-corrected chi connectivity index (χ4v) is 5.85. The molecule has 2 heteroatoms. The van der Waals surface area contributed by atoms with Crippen molar-refractivity contribution in [3.05, 3.63) is 29.3 Å². The van der Waals surface area contributed by atoms with Crippen molar-refractivity contribution in [3.63, 3.8) is 0 Å². The predicted molar refractivity (Wildman–Crippen MR) is 104 cm³/mol. The number of ether oxygens (including phenoxy) is 1. The van der Waals surface area contributed by atoms with Gasteiger partial charge in [-0.25, -0.2) is 0 Å². The lowest BCUT2D eigenvalue weighted by Gasteiger charge is -2.34. The number of methoxy groups -OCH3 is 1. The molecule has 25 heavy (non-hydrogen) atoms. The largest absolute Gasteiger partial charge is 0.496 e. The number of rotatable bonds is 6. The second kappa shape index (κ2) is 8.12. The lowest BCUT2D eigenvalue weighted by molar-refractivity contribution is 0.217. The minimum absolute atomic E-state index is 0.747. The zero-order chi connectivity index (χ0) is 17.1. The molecular formula is C23H35NO. The van der Waals surface area contributed by atoms with E-state index in [1.54, 1.807) is 5.56 Å². The van der Waals surface area contributed by atoms with Gasteiger partial charge in [0.1, 0.15) is 5.75 Å². The molecule has 2 atom stereocenters. The average Bonchev–Trinajstić information content (AvgIpc) is 3.09. The Labute approximate surface area is 153 Å². The lowest BCUT2D eigenvalue weighted by Crippen LogP contribution is -2.35. The van der Waals surface area contributed by atoms with E-state index in [1.165, 1.54) is 89.3 Å². The van der Waals surface area contributed by atoms with Gasteiger partial charge < -0.3 is 4.74 Å². The maximum atomic E-state index is 5.61. The first-order valence-corrected chi connectivity index (χ1v) is 10.8. The quantitative estimate of drug-likeness (QED) is 0.629. The van der Waals surface area contributed by atoms with Gasteiger partial charge in [0.15, 0.2) is 0 Å². The molecule has 1 saturated heterocycles. The lowest BCUT2D eigenvalue weighted by atomic mass is 9.79. The summed E-state index contributed by atoms with van der Waals surface area (Å²) in [6.45, 7) is 2.63. The molecule has 3 aliphatic rings. The molecule has 0 N–H and O–H groups in total. The molecule has 1 aliphatic heterocycles. The summed E-state index contributed by atoms with van der Waals surface area (Å²) in [7, 11) is 1.81. The van der Waals surface area contributed by atoms with Crippen molar-refractivity contribution in [1.82, 2.24) is 4.90 Å². The second-order valence-corrected chi connectivity index (χ2v) is 8.57. The molecule has 2 fully saturated rings. The third-order valence-corrected chi connectivity index (χ3v) is 7.17. The second-order valence-electron chi connectivity index (χ2n) is 8.57. The molecular weight excluding hydrogens is 306 g/mol. The van der Waals surface area contributed by atoms with Crippen molar-refractivity contribution in [2.24, 2.45) is 5.92 Å². The van der Waals surface area contributed by atoms with Crippen LogP contribution < -0.4 is 4.74 Å². The van der Waals surface area contributed by atoms with Crippen LogP contribution in [0.5, 0.6) is 5.75 Å². The highest BCUT2D eigenvalue weighted by atomic mass is 16.5. The maximum absolute atomic E-state index is 5.61. The summed E-state index contributed by atoms with van der Waals surface area (Å²) in [6.07, 6.45) is 15.7. The number of benzene rings is 1. The highest BCUT2D eigenvalue weighted by molar-refractivity contribution is 5.45. The monoisotopic (exact) mass is 341 g/mol. The first-order chi connectivity index (χ1) is 12.4. The Morgan fingerprint density at radius 1 is 1.04 bits per heavy atom. The molecule has 0 radical (unpaired) electrons. The van der Waals surface area contributed by atoms with Crippen LogP contribution in [0, 0.1) is 5.92 Å². The van der Waals surface area contributed by atoms with Gasteiger partial charge in [-0.2, -0.15) is 0 Å². The molecule has 0 spiro atoms. The van der Waals surface area contributed by atoms with E-state index in [-0.39, 0.29) is 0 Å². The Morgan fingerprint density at radius 2 is 1.92 bits per heavy atom. The predicted octanol–water partition coefficient (Wildman–Crippen LogP) is 5.55. The molecule has 0 bridgehead atoms. The van der Waals surface area contributed by atoms with Gasteiger partial charge in [-0.3, -0.25) is 4.90 Å². The fourth-order valence-electron chi connectivity index (χ4n) is 5.85. The van der Waals surface area contributed by atoms with Crippen molar-refractivity contribution in [2.45, 2.75) is 82.6 Å². The van der Waals surface area contributed by atoms with Crippen molar-refractivity contribution in [1.29, 1.82) is 0 Å². The Morgan fingerprint density at radius 3 is 2.76 bits per heavy atom. The molecule has 138 valence electrons. The van der Waals surface area contributed by atoms with E-state index in [1.807, 2.05) is 7.11 Å². The van der Waals surface area contributed by atoms with Gasteiger partial charge in [0, 0.05) is 12.0 Å². The van der Waals surface area contributed by atoms with Gasteiger partial charge in [-0.05, 0) is 61.9 Å². The van der Waals surface area contributed by atoms with Gasteiger partial charge in [-0.15, -0.1) is 0 Å². The minimum Gasteiger partial charge on any atom is -0.496 e. The van der Waals surface area contributed by atoms with E-state index in [0.717, 1.165) is 23.6 Å². The zero-order valence-corrected chi connectivity index (χ0v) is 16.0. The van der Waals surface area contributed by atoms with Crippen LogP contribution >= 0.6 is 0 Å². The van der Waals surface area contributed by atoms with Gasteiger partial charge in [0.25, 0.3) is 0 Å². The van der Waals surface area contributed by atoms with Crippen LogP contribution in [0.3, 0.4) is 0 Å². The summed E-state index contributed by atoms with van der Waals surface area (Å²) in [5.41, 5.74) is 3.07. The molecule has 0 unspecified atom stereocenters. The molecule has 2 aliphatic carbocycles. The molecule has 1 aromatic rings. The van der Waals surface area contributed by atoms with Crippen LogP contribution in [0.25, 0.3) is 0 Å². The maximum Gasteiger partial charge on any atom is 0.122 e. The third-order valence-electron chi connectivity index (χ3n) is 7.17. The normalized spacial score (nSPS) is 27.1. The SMILES string of the molecule is COc1cccc2c1CC[C@@H]1[C@H]2CCN1CCCCC1CCCCC1. The number of fused-ring (bicyclic) bond motifs is 3. The number of likely N-dealkylation sites (tertiary alicyclic amines) is 1. The molecule has 1 heterocycles. The summed E-state index contributed by atoms with van der Waals surface area (Å²) in [6, 6.07) is 7.47. The van der Waals surface area contributed by atoms with Crippen molar-refractivity contribution >= 4 is 0 Å². The van der Waals surface area contributed by atoms with Crippen LogP contribution in [-0.2, 0) is 6.42 Å². The standard InChI is InChI=1S/C23H35NO/c1-25-23-12-7-11-19-20-15-17-24(22(20)14-13-21(19)23)16-6-5-10-18-8-3-2-4-9-18/h7,11-12,18,20,22H,2-6,8-10,13-17H2,1H3/t20-,22+/m0/s1. The topological polar surface area (TPSA) is 12.5 Å². The Kier molecular flexibility index (Phi) is 5.65. The van der Waals surface area contributed by atoms with E-state index in [9.17, 15) is 0 Å². The average molecular weight is 342 g/mol. The van der Waals surface area contributed by atoms with Gasteiger partial charge in [0.05, 0.1) is 7.11 Å². The van der Waals surface area contributed by atoms with Crippen molar-refractivity contribution in [2.75, 3.05) is 20.2 Å². The van der Waals surface area contributed by atoms with Gasteiger partial charge in [0.2, 0.25) is 0 Å². The van der Waals surface area contributed by atoms with Gasteiger partial charge >= 0.3 is 0 Å². The molecule has 2 nitrogen and oxygen atoms in total. The van der Waals surface area contributed by atoms with E-state index in [4.69, 9.17) is 4.74 Å². The number of hydrogen-bond donors (Lipinski definition) is 0. The fraction of sp³-hybridized carbons (Fsp3) is 0.739. The minimum atomic E-state index is 0.747. The van der Waals surface area contributed by atoms with Crippen LogP contribution in [0.4, 0.5) is 0 Å². The molecule has 0 aromatic heterocycles. The number of nitrogens with zero attached hydrogens (tertiary/aromatic N) is 1. The number of hydrogen-bond acceptors (Lipinski definition) is 2. The third kappa shape index (κ3) is 3.74. The Hall–Kier alpha value is -1.02. The van der Waals surface area contributed by atoms with E-state index in [0.29, 0.717) is 0 Å². The van der Waals surface area contributed by atoms with Crippen LogP contribution in [0.1, 0.15) is 81.3 Å². The molecule has 1 saturated carbocycles. The summed E-state index contributed by atoms with van der Waals surface area (Å²) < 4.78 is 5.61. The smallest absolute Gasteiger partial charge is 0.122 e. The van der Waals surface area contributed by atoms with E-state index < -0.39 is 0 Å². The van der Waals surface area contributed by atoms with Gasteiger partial charge in [-0.1, -0.05) is 57.1 Å². The first kappa shape index (κ1) is 17.4. The van der Waals surface area contributed by atoms with Crippen LogP contribution in [0.15, 0.2) is 18.2 Å². The van der Waals surface area contributed by atoms with E-state index >= 15 is 0 Å². The highest BCUT2D eigenvalue weighted by Gasteiger charge is 2.38. The molecule has 1 aromatic carbocycles. The van der Waals surface area contributed by atoms with E-state index in [2.05, 4.69) is 23.1 Å². The summed E-state index contributed by atoms with van der Waals surface area (Å²) in [5, 5.41) is 0. The summed E-state index contributed by atoms with van der Waals surface area (Å²) >= 11 is 0. The molecule has 4 rings (SSSR count). The highest BCUT2D eigenvalue weighted by Crippen LogP contribution is 2.44. The Balaban J connectivity index is 1.29. The first-order valence-electron chi connectivity index (χ1n) is 10.8.